The van der Waals surface area contributed by atoms with E-state index in [0.717, 1.165) is 30.5 Å². The van der Waals surface area contributed by atoms with Gasteiger partial charge in [-0.25, -0.2) is 13.4 Å². The fourth-order valence-electron chi connectivity index (χ4n) is 4.58. The van der Waals surface area contributed by atoms with Crippen LogP contribution in [0.2, 0.25) is 0 Å². The van der Waals surface area contributed by atoms with E-state index in [2.05, 4.69) is 16.8 Å². The third kappa shape index (κ3) is 4.74. The molecule has 1 saturated heterocycles. The van der Waals surface area contributed by atoms with Crippen molar-refractivity contribution in [2.75, 3.05) is 39.8 Å². The van der Waals surface area contributed by atoms with Gasteiger partial charge in [0.15, 0.2) is 0 Å². The van der Waals surface area contributed by atoms with Crippen LogP contribution in [0.15, 0.2) is 27.9 Å². The monoisotopic (exact) mass is 501 g/mol. The number of H-pyrrole nitrogens is 1. The highest BCUT2D eigenvalue weighted by atomic mass is 32.2. The first kappa shape index (κ1) is 25.4. The molecule has 35 heavy (non-hydrogen) atoms. The highest BCUT2D eigenvalue weighted by Gasteiger charge is 2.29. The number of aromatic nitrogens is 3. The fraction of sp³-hybridized carbons (Fsp3) is 0.520. The second-order valence-corrected chi connectivity index (χ2v) is 11.1. The Kier molecular flexibility index (Phi) is 7.35. The van der Waals surface area contributed by atoms with Crippen molar-refractivity contribution in [3.05, 3.63) is 39.8 Å². The van der Waals surface area contributed by atoms with Crippen molar-refractivity contribution in [1.29, 1.82) is 0 Å². The molecule has 0 radical (unpaired) electrons. The van der Waals surface area contributed by atoms with Crippen molar-refractivity contribution in [1.82, 2.24) is 23.7 Å². The van der Waals surface area contributed by atoms with Crippen LogP contribution in [-0.4, -0.2) is 72.0 Å². The van der Waals surface area contributed by atoms with Crippen molar-refractivity contribution in [2.45, 2.75) is 44.9 Å². The number of ether oxygens (including phenoxy) is 1. The van der Waals surface area contributed by atoms with Gasteiger partial charge in [0.25, 0.3) is 5.56 Å². The zero-order chi connectivity index (χ0) is 25.3. The van der Waals surface area contributed by atoms with Gasteiger partial charge in [-0.3, -0.25) is 4.79 Å². The first-order valence-electron chi connectivity index (χ1n) is 12.2. The molecule has 1 aliphatic heterocycles. The minimum absolute atomic E-state index is 0.168. The Bertz CT molecular complexity index is 1390. The number of likely N-dealkylation sites (N-methyl/N-ethyl adjacent to an activating group) is 1. The van der Waals surface area contributed by atoms with E-state index in [0.29, 0.717) is 61.0 Å². The Morgan fingerprint density at radius 1 is 1.09 bits per heavy atom. The molecule has 0 amide bonds. The van der Waals surface area contributed by atoms with E-state index in [9.17, 15) is 13.2 Å². The van der Waals surface area contributed by atoms with Crippen LogP contribution in [-0.2, 0) is 23.5 Å². The molecule has 9 nitrogen and oxygen atoms in total. The summed E-state index contributed by atoms with van der Waals surface area (Å²) >= 11 is 0. The molecule has 190 valence electrons. The summed E-state index contributed by atoms with van der Waals surface area (Å²) in [4.78, 5) is 23.2. The van der Waals surface area contributed by atoms with Crippen LogP contribution in [0.1, 0.15) is 37.9 Å². The normalized spacial score (nSPS) is 15.7. The molecule has 3 heterocycles. The molecular weight excluding hydrogens is 466 g/mol. The fourth-order valence-corrected chi connectivity index (χ4v) is 6.03. The van der Waals surface area contributed by atoms with E-state index in [1.54, 1.807) is 18.2 Å². The number of hydrogen-bond acceptors (Lipinski definition) is 6. The van der Waals surface area contributed by atoms with Crippen LogP contribution in [0.25, 0.3) is 22.4 Å². The van der Waals surface area contributed by atoms with Gasteiger partial charge < -0.3 is 19.2 Å². The first-order chi connectivity index (χ1) is 16.7. The molecule has 1 aromatic carbocycles. The number of hydrogen-bond donors (Lipinski definition) is 1. The lowest BCUT2D eigenvalue weighted by Crippen LogP contribution is -2.47. The van der Waals surface area contributed by atoms with Gasteiger partial charge in [-0.05, 0) is 50.6 Å². The van der Waals surface area contributed by atoms with Crippen molar-refractivity contribution in [2.24, 2.45) is 7.05 Å². The molecule has 2 aromatic heterocycles. The number of aryl methyl sites for hydroxylation is 2. The van der Waals surface area contributed by atoms with E-state index in [4.69, 9.17) is 9.72 Å². The van der Waals surface area contributed by atoms with Gasteiger partial charge in [-0.1, -0.05) is 20.3 Å². The van der Waals surface area contributed by atoms with E-state index >= 15 is 0 Å². The molecule has 0 saturated carbocycles. The minimum Gasteiger partial charge on any atom is -0.493 e. The maximum Gasteiger partial charge on any atom is 0.275 e. The summed E-state index contributed by atoms with van der Waals surface area (Å²) in [5.41, 5.74) is 3.43. The summed E-state index contributed by atoms with van der Waals surface area (Å²) in [6.07, 6.45) is 2.52. The summed E-state index contributed by atoms with van der Waals surface area (Å²) in [7, 11) is 0.154. The highest BCUT2D eigenvalue weighted by Crippen LogP contribution is 2.33. The highest BCUT2D eigenvalue weighted by molar-refractivity contribution is 7.89. The van der Waals surface area contributed by atoms with Crippen molar-refractivity contribution >= 4 is 21.1 Å². The maximum atomic E-state index is 13.4. The average Bonchev–Trinajstić information content (AvgIpc) is 3.08. The second kappa shape index (κ2) is 10.1. The van der Waals surface area contributed by atoms with Crippen molar-refractivity contribution < 1.29 is 13.2 Å². The predicted octanol–water partition coefficient (Wildman–Crippen LogP) is 2.91. The Hall–Kier alpha value is -2.69. The molecule has 1 aliphatic rings. The Balaban J connectivity index is 1.88. The molecule has 0 atom stereocenters. The van der Waals surface area contributed by atoms with Crippen LogP contribution >= 0.6 is 0 Å². The molecule has 4 rings (SSSR count). The zero-order valence-electron chi connectivity index (χ0n) is 21.2. The molecule has 1 N–H and O–H groups in total. The lowest BCUT2D eigenvalue weighted by molar-refractivity contribution is 0.222. The molecule has 0 bridgehead atoms. The molecule has 10 heteroatoms. The molecular formula is C25H35N5O4S. The van der Waals surface area contributed by atoms with Crippen molar-refractivity contribution in [3.8, 4) is 17.1 Å². The Morgan fingerprint density at radius 2 is 1.80 bits per heavy atom. The number of fused-ring (bicyclic) bond motifs is 1. The third-order valence-corrected chi connectivity index (χ3v) is 8.62. The Labute approximate surface area is 206 Å². The number of benzene rings is 1. The smallest absolute Gasteiger partial charge is 0.275 e. The van der Waals surface area contributed by atoms with Gasteiger partial charge in [-0.15, -0.1) is 0 Å². The zero-order valence-corrected chi connectivity index (χ0v) is 22.0. The third-order valence-electron chi connectivity index (χ3n) is 6.72. The second-order valence-electron chi connectivity index (χ2n) is 9.20. The van der Waals surface area contributed by atoms with Gasteiger partial charge in [0.2, 0.25) is 10.0 Å². The summed E-state index contributed by atoms with van der Waals surface area (Å²) in [5, 5.41) is 0. The van der Waals surface area contributed by atoms with E-state index in [1.807, 2.05) is 32.5 Å². The summed E-state index contributed by atoms with van der Waals surface area (Å²) in [6, 6.07) is 4.83. The van der Waals surface area contributed by atoms with Crippen LogP contribution < -0.4 is 10.3 Å². The Morgan fingerprint density at radius 3 is 2.46 bits per heavy atom. The largest absolute Gasteiger partial charge is 0.493 e. The number of rotatable bonds is 8. The van der Waals surface area contributed by atoms with Gasteiger partial charge in [0.05, 0.1) is 22.6 Å². The molecule has 0 unspecified atom stereocenters. The molecule has 0 aliphatic carbocycles. The average molecular weight is 502 g/mol. The number of piperazine rings is 1. The summed E-state index contributed by atoms with van der Waals surface area (Å²) in [6.45, 7) is 8.80. The number of aromatic amines is 1. The van der Waals surface area contributed by atoms with Crippen LogP contribution in [0.4, 0.5) is 0 Å². The minimum atomic E-state index is -3.70. The summed E-state index contributed by atoms with van der Waals surface area (Å²) < 4.78 is 36.2. The number of sulfonamides is 1. The maximum absolute atomic E-state index is 13.4. The topological polar surface area (TPSA) is 101 Å². The lowest BCUT2D eigenvalue weighted by atomic mass is 10.1. The van der Waals surface area contributed by atoms with Gasteiger partial charge in [0.1, 0.15) is 17.1 Å². The van der Waals surface area contributed by atoms with Gasteiger partial charge in [0, 0.05) is 38.9 Å². The number of nitrogens with zero attached hydrogens (tertiary/aromatic N) is 4. The lowest BCUT2D eigenvalue weighted by Gasteiger charge is -2.31. The van der Waals surface area contributed by atoms with Crippen LogP contribution in [0.3, 0.4) is 0 Å². The summed E-state index contributed by atoms with van der Waals surface area (Å²) in [5.74, 6) is 0.809. The SMILES string of the molecule is CCCOc1ccc(S(=O)(=O)N2CCN(C)CC2)cc1-c1nc2c(CCC)c(C)n(C)c2c(=O)[nH]1. The van der Waals surface area contributed by atoms with Crippen LogP contribution in [0.5, 0.6) is 5.75 Å². The standard InChI is InChI=1S/C25H35N5O4S/c1-6-8-19-17(3)29(5)23-22(19)26-24(27-25(23)31)20-16-18(9-10-21(20)34-15-7-2)35(32,33)30-13-11-28(4)12-14-30/h9-10,16H,6-8,11-15H2,1-5H3,(H,26,27,31). The first-order valence-corrected chi connectivity index (χ1v) is 13.7. The predicted molar refractivity (Wildman–Crippen MR) is 138 cm³/mol. The van der Waals surface area contributed by atoms with Gasteiger partial charge >= 0.3 is 0 Å². The van der Waals surface area contributed by atoms with Gasteiger partial charge in [-0.2, -0.15) is 4.31 Å². The van der Waals surface area contributed by atoms with Crippen molar-refractivity contribution in [3.63, 3.8) is 0 Å². The number of nitrogens with one attached hydrogen (secondary N) is 1. The van der Waals surface area contributed by atoms with E-state index < -0.39 is 10.0 Å². The van der Waals surface area contributed by atoms with Crippen LogP contribution in [0, 0.1) is 6.92 Å². The quantitative estimate of drug-likeness (QED) is 0.509. The molecule has 3 aromatic rings. The molecule has 1 fully saturated rings. The molecule has 0 spiro atoms. The van der Waals surface area contributed by atoms with E-state index in [-0.39, 0.29) is 10.5 Å². The van der Waals surface area contributed by atoms with E-state index in [1.165, 1.54) is 4.31 Å².